The van der Waals surface area contributed by atoms with Crippen molar-refractivity contribution in [1.82, 2.24) is 0 Å². The number of allylic oxidation sites excluding steroid dienone is 2. The normalized spacial score (nSPS) is 11.3. The van der Waals surface area contributed by atoms with E-state index in [4.69, 9.17) is 9.84 Å². The predicted molar refractivity (Wildman–Crippen MR) is 63.0 cm³/mol. The van der Waals surface area contributed by atoms with Gasteiger partial charge in [0.25, 0.3) is 0 Å². The third-order valence-corrected chi connectivity index (χ3v) is 1.93. The van der Waals surface area contributed by atoms with Crippen LogP contribution in [0, 0.1) is 0 Å². The Bertz CT molecular complexity index is 388. The number of aliphatic carboxylic acids is 1. The van der Waals surface area contributed by atoms with Crippen LogP contribution in [0.4, 0.5) is 0 Å². The average Bonchev–Trinajstić information content (AvgIpc) is 2.27. The van der Waals surface area contributed by atoms with Gasteiger partial charge in [-0.25, -0.2) is 4.79 Å². The summed E-state index contributed by atoms with van der Waals surface area (Å²) < 4.78 is 5.00. The van der Waals surface area contributed by atoms with Gasteiger partial charge in [0, 0.05) is 13.2 Å². The Kier molecular flexibility index (Phi) is 5.02. The highest BCUT2D eigenvalue weighted by Crippen LogP contribution is 2.07. The first-order valence-corrected chi connectivity index (χ1v) is 4.88. The topological polar surface area (TPSA) is 46.5 Å². The molecule has 0 aliphatic carbocycles. The number of carboxylic acid groups (broad SMARTS) is 1. The van der Waals surface area contributed by atoms with Gasteiger partial charge in [0.05, 0.1) is 6.61 Å². The quantitative estimate of drug-likeness (QED) is 0.610. The molecule has 0 bridgehead atoms. The highest BCUT2D eigenvalue weighted by atomic mass is 16.5. The maximum absolute atomic E-state index is 10.2. The monoisotopic (exact) mass is 218 g/mol. The van der Waals surface area contributed by atoms with Gasteiger partial charge in [0.1, 0.15) is 0 Å². The van der Waals surface area contributed by atoms with Gasteiger partial charge in [-0.05, 0) is 11.1 Å². The van der Waals surface area contributed by atoms with Gasteiger partial charge in [-0.2, -0.15) is 0 Å². The molecule has 1 rings (SSSR count). The maximum Gasteiger partial charge on any atom is 0.328 e. The van der Waals surface area contributed by atoms with E-state index < -0.39 is 5.97 Å². The fraction of sp³-hybridized carbons (Fsp3) is 0.154. The Morgan fingerprint density at radius 1 is 1.31 bits per heavy atom. The van der Waals surface area contributed by atoms with Gasteiger partial charge in [-0.1, -0.05) is 42.5 Å². The highest BCUT2D eigenvalue weighted by molar-refractivity contribution is 5.80. The third kappa shape index (κ3) is 4.57. The molecule has 1 aromatic carbocycles. The number of hydrogen-bond acceptors (Lipinski definition) is 2. The van der Waals surface area contributed by atoms with E-state index in [9.17, 15) is 4.79 Å². The molecule has 16 heavy (non-hydrogen) atoms. The second-order valence-corrected chi connectivity index (χ2v) is 3.23. The van der Waals surface area contributed by atoms with Crippen molar-refractivity contribution in [2.45, 2.75) is 6.61 Å². The maximum atomic E-state index is 10.2. The summed E-state index contributed by atoms with van der Waals surface area (Å²) in [6.07, 6.45) is 6.12. The molecule has 0 unspecified atom stereocenters. The summed E-state index contributed by atoms with van der Waals surface area (Å²) in [5.41, 5.74) is 2.13. The van der Waals surface area contributed by atoms with Gasteiger partial charge in [0.2, 0.25) is 0 Å². The lowest BCUT2D eigenvalue weighted by atomic mass is 10.1. The summed E-state index contributed by atoms with van der Waals surface area (Å²) in [7, 11) is 1.66. The largest absolute Gasteiger partial charge is 0.478 e. The Hall–Kier alpha value is -1.87. The highest BCUT2D eigenvalue weighted by Gasteiger charge is 1.90. The summed E-state index contributed by atoms with van der Waals surface area (Å²) in [5.74, 6) is -0.944. The first-order chi connectivity index (χ1) is 7.72. The lowest BCUT2D eigenvalue weighted by Gasteiger charge is -1.99. The number of ether oxygens (including phenoxy) is 1. The molecular weight excluding hydrogens is 204 g/mol. The van der Waals surface area contributed by atoms with E-state index in [1.807, 2.05) is 30.3 Å². The first-order valence-electron chi connectivity index (χ1n) is 4.88. The van der Waals surface area contributed by atoms with Gasteiger partial charge in [-0.15, -0.1) is 0 Å². The molecule has 1 aromatic rings. The molecule has 0 atom stereocenters. The van der Waals surface area contributed by atoms with Crippen LogP contribution in [-0.4, -0.2) is 18.2 Å². The van der Waals surface area contributed by atoms with Gasteiger partial charge in [-0.3, -0.25) is 0 Å². The van der Waals surface area contributed by atoms with Crippen molar-refractivity contribution in [2.75, 3.05) is 7.11 Å². The van der Waals surface area contributed by atoms with E-state index in [-0.39, 0.29) is 0 Å². The third-order valence-electron chi connectivity index (χ3n) is 1.93. The SMILES string of the molecule is COCc1ccc(/C=C/C=C/C(=O)O)cc1. The molecule has 0 radical (unpaired) electrons. The second kappa shape index (κ2) is 6.58. The molecule has 0 saturated carbocycles. The predicted octanol–water partition coefficient (Wildman–Crippen LogP) is 2.49. The molecule has 84 valence electrons. The molecule has 0 saturated heterocycles. The summed E-state index contributed by atoms with van der Waals surface area (Å²) in [6.45, 7) is 0.600. The van der Waals surface area contributed by atoms with E-state index in [0.29, 0.717) is 6.61 Å². The average molecular weight is 218 g/mol. The van der Waals surface area contributed by atoms with Crippen LogP contribution in [0.15, 0.2) is 42.5 Å². The number of methoxy groups -OCH3 is 1. The van der Waals surface area contributed by atoms with Crippen LogP contribution >= 0.6 is 0 Å². The first kappa shape index (κ1) is 12.2. The van der Waals surface area contributed by atoms with Crippen LogP contribution in [0.1, 0.15) is 11.1 Å². The number of carbonyl (C=O) groups is 1. The Morgan fingerprint density at radius 2 is 2.00 bits per heavy atom. The van der Waals surface area contributed by atoms with Crippen molar-refractivity contribution in [3.8, 4) is 0 Å². The molecular formula is C13H14O3. The Balaban J connectivity index is 2.58. The van der Waals surface area contributed by atoms with Crippen LogP contribution in [0.5, 0.6) is 0 Å². The molecule has 0 fully saturated rings. The molecule has 0 spiro atoms. The minimum atomic E-state index is -0.944. The fourth-order valence-corrected chi connectivity index (χ4v) is 1.20. The van der Waals surface area contributed by atoms with Crippen LogP contribution in [0.3, 0.4) is 0 Å². The van der Waals surface area contributed by atoms with Crippen molar-refractivity contribution >= 4 is 12.0 Å². The second-order valence-electron chi connectivity index (χ2n) is 3.23. The van der Waals surface area contributed by atoms with E-state index in [1.165, 1.54) is 6.08 Å². The van der Waals surface area contributed by atoms with E-state index in [2.05, 4.69) is 0 Å². The summed E-state index contributed by atoms with van der Waals surface area (Å²) in [5, 5.41) is 8.37. The van der Waals surface area contributed by atoms with Crippen LogP contribution < -0.4 is 0 Å². The number of benzene rings is 1. The van der Waals surface area contributed by atoms with Crippen LogP contribution in [-0.2, 0) is 16.1 Å². The van der Waals surface area contributed by atoms with Crippen molar-refractivity contribution in [2.24, 2.45) is 0 Å². The lowest BCUT2D eigenvalue weighted by molar-refractivity contribution is -0.131. The van der Waals surface area contributed by atoms with Crippen molar-refractivity contribution < 1.29 is 14.6 Å². The van der Waals surface area contributed by atoms with Gasteiger partial charge < -0.3 is 9.84 Å². The van der Waals surface area contributed by atoms with Crippen molar-refractivity contribution in [1.29, 1.82) is 0 Å². The van der Waals surface area contributed by atoms with E-state index >= 15 is 0 Å². The molecule has 3 heteroatoms. The van der Waals surface area contributed by atoms with Crippen LogP contribution in [0.2, 0.25) is 0 Å². The van der Waals surface area contributed by atoms with Gasteiger partial charge in [0.15, 0.2) is 0 Å². The smallest absolute Gasteiger partial charge is 0.328 e. The molecule has 0 heterocycles. The zero-order valence-corrected chi connectivity index (χ0v) is 9.09. The molecule has 0 aromatic heterocycles. The standard InChI is InChI=1S/C13H14O3/c1-16-10-12-8-6-11(7-9-12)4-2-3-5-13(14)15/h2-9H,10H2,1H3,(H,14,15)/b4-2+,5-3+. The summed E-state index contributed by atoms with van der Waals surface area (Å²) in [4.78, 5) is 10.2. The van der Waals surface area contributed by atoms with E-state index in [1.54, 1.807) is 13.2 Å². The molecule has 0 aliphatic rings. The van der Waals surface area contributed by atoms with Crippen LogP contribution in [0.25, 0.3) is 6.08 Å². The Morgan fingerprint density at radius 3 is 2.56 bits per heavy atom. The summed E-state index contributed by atoms with van der Waals surface area (Å²) >= 11 is 0. The Labute approximate surface area is 94.7 Å². The molecule has 0 amide bonds. The number of hydrogen-bond donors (Lipinski definition) is 1. The lowest BCUT2D eigenvalue weighted by Crippen LogP contribution is -1.86. The summed E-state index contributed by atoms with van der Waals surface area (Å²) in [6, 6.07) is 7.87. The molecule has 0 aliphatic heterocycles. The minimum Gasteiger partial charge on any atom is -0.478 e. The zero-order valence-electron chi connectivity index (χ0n) is 9.09. The number of carboxylic acids is 1. The van der Waals surface area contributed by atoms with Crippen molar-refractivity contribution in [3.63, 3.8) is 0 Å². The zero-order chi connectivity index (χ0) is 11.8. The molecule has 1 N–H and O–H groups in total. The minimum absolute atomic E-state index is 0.600. The fourth-order valence-electron chi connectivity index (χ4n) is 1.20. The van der Waals surface area contributed by atoms with Crippen molar-refractivity contribution in [3.05, 3.63) is 53.6 Å². The molecule has 3 nitrogen and oxygen atoms in total. The van der Waals surface area contributed by atoms with E-state index in [0.717, 1.165) is 17.2 Å². The number of rotatable bonds is 5. The van der Waals surface area contributed by atoms with Gasteiger partial charge >= 0.3 is 5.97 Å².